The molecule has 1 aliphatic rings. The number of fused-ring (bicyclic) bond motifs is 1. The van der Waals surface area contributed by atoms with Crippen molar-refractivity contribution >= 4 is 0 Å². The number of hydrogen-bond donors (Lipinski definition) is 0. The third-order valence-electron chi connectivity index (χ3n) is 3.65. The molecule has 0 amide bonds. The van der Waals surface area contributed by atoms with Crippen LogP contribution in [0.3, 0.4) is 0 Å². The van der Waals surface area contributed by atoms with E-state index in [-0.39, 0.29) is 0 Å². The predicted octanol–water partition coefficient (Wildman–Crippen LogP) is 3.80. The second-order valence-corrected chi connectivity index (χ2v) is 5.23. The smallest absolute Gasteiger partial charge is 0.0233 e. The average molecular weight is 231 g/mol. The minimum Gasteiger partial charge on any atom is -0.299 e. The third-order valence-corrected chi connectivity index (χ3v) is 3.65. The fraction of sp³-hybridized carbons (Fsp3) is 0.625. The molecular formula is C16H25N. The fourth-order valence-corrected chi connectivity index (χ4v) is 2.88. The van der Waals surface area contributed by atoms with Crippen LogP contribution >= 0.6 is 0 Å². The van der Waals surface area contributed by atoms with Gasteiger partial charge in [0.15, 0.2) is 0 Å². The van der Waals surface area contributed by atoms with E-state index in [1.807, 2.05) is 0 Å². The molecule has 0 spiro atoms. The van der Waals surface area contributed by atoms with Crippen LogP contribution in [0.25, 0.3) is 0 Å². The van der Waals surface area contributed by atoms with Crippen molar-refractivity contribution in [2.24, 2.45) is 0 Å². The van der Waals surface area contributed by atoms with Crippen LogP contribution < -0.4 is 0 Å². The normalized spacial score (nSPS) is 14.3. The summed E-state index contributed by atoms with van der Waals surface area (Å²) < 4.78 is 0. The zero-order valence-corrected chi connectivity index (χ0v) is 11.3. The van der Waals surface area contributed by atoms with Gasteiger partial charge in [-0.2, -0.15) is 0 Å². The third kappa shape index (κ3) is 3.32. The van der Waals surface area contributed by atoms with E-state index in [1.54, 1.807) is 11.1 Å². The zero-order valence-electron chi connectivity index (χ0n) is 11.3. The van der Waals surface area contributed by atoms with Gasteiger partial charge in [0.05, 0.1) is 0 Å². The van der Waals surface area contributed by atoms with E-state index in [9.17, 15) is 0 Å². The minimum absolute atomic E-state index is 1.13. The summed E-state index contributed by atoms with van der Waals surface area (Å²) >= 11 is 0. The monoisotopic (exact) mass is 231 g/mol. The van der Waals surface area contributed by atoms with Crippen molar-refractivity contribution in [3.05, 3.63) is 34.9 Å². The van der Waals surface area contributed by atoms with Crippen molar-refractivity contribution in [2.75, 3.05) is 13.1 Å². The van der Waals surface area contributed by atoms with Gasteiger partial charge in [-0.1, -0.05) is 32.0 Å². The molecule has 0 saturated heterocycles. The summed E-state index contributed by atoms with van der Waals surface area (Å²) in [5, 5.41) is 0. The van der Waals surface area contributed by atoms with Gasteiger partial charge in [-0.25, -0.2) is 0 Å². The van der Waals surface area contributed by atoms with Gasteiger partial charge in [0.25, 0.3) is 0 Å². The highest BCUT2D eigenvalue weighted by molar-refractivity contribution is 5.35. The summed E-state index contributed by atoms with van der Waals surface area (Å²) in [4.78, 5) is 2.58. The van der Waals surface area contributed by atoms with Gasteiger partial charge in [-0.05, 0) is 61.9 Å². The Morgan fingerprint density at radius 3 is 2.41 bits per heavy atom. The van der Waals surface area contributed by atoms with Gasteiger partial charge >= 0.3 is 0 Å². The van der Waals surface area contributed by atoms with Crippen LogP contribution in [0.5, 0.6) is 0 Å². The first kappa shape index (κ1) is 12.6. The van der Waals surface area contributed by atoms with E-state index < -0.39 is 0 Å². The molecule has 1 aliphatic carbocycles. The maximum absolute atomic E-state index is 2.58. The maximum Gasteiger partial charge on any atom is 0.0233 e. The van der Waals surface area contributed by atoms with Crippen molar-refractivity contribution in [1.29, 1.82) is 0 Å². The Bertz CT molecular complexity index is 351. The van der Waals surface area contributed by atoms with Crippen LogP contribution in [0.1, 0.15) is 49.8 Å². The van der Waals surface area contributed by atoms with Crippen LogP contribution in [0.4, 0.5) is 0 Å². The van der Waals surface area contributed by atoms with E-state index in [0.29, 0.717) is 0 Å². The highest BCUT2D eigenvalue weighted by Crippen LogP contribution is 2.23. The highest BCUT2D eigenvalue weighted by atomic mass is 15.1. The summed E-state index contributed by atoms with van der Waals surface area (Å²) in [6.07, 6.45) is 6.45. The van der Waals surface area contributed by atoms with E-state index in [1.165, 1.54) is 50.8 Å². The van der Waals surface area contributed by atoms with Crippen molar-refractivity contribution in [1.82, 2.24) is 4.90 Å². The lowest BCUT2D eigenvalue weighted by Crippen LogP contribution is -2.24. The Kier molecular flexibility index (Phi) is 4.61. The van der Waals surface area contributed by atoms with Crippen LogP contribution in [0.2, 0.25) is 0 Å². The second-order valence-electron chi connectivity index (χ2n) is 5.23. The topological polar surface area (TPSA) is 3.24 Å². The first-order valence-electron chi connectivity index (χ1n) is 7.16. The lowest BCUT2D eigenvalue weighted by Gasteiger charge is -2.21. The number of rotatable bonds is 6. The quantitative estimate of drug-likeness (QED) is 0.720. The molecule has 0 fully saturated rings. The highest BCUT2D eigenvalue weighted by Gasteiger charge is 2.11. The fourth-order valence-electron chi connectivity index (χ4n) is 2.88. The molecule has 0 aromatic heterocycles. The molecule has 0 radical (unpaired) electrons. The second kappa shape index (κ2) is 6.20. The van der Waals surface area contributed by atoms with Gasteiger partial charge in [0.2, 0.25) is 0 Å². The van der Waals surface area contributed by atoms with Gasteiger partial charge < -0.3 is 0 Å². The summed E-state index contributed by atoms with van der Waals surface area (Å²) in [6, 6.07) is 7.14. The molecule has 0 atom stereocenters. The van der Waals surface area contributed by atoms with E-state index >= 15 is 0 Å². The Morgan fingerprint density at radius 2 is 1.71 bits per heavy atom. The first-order valence-corrected chi connectivity index (χ1v) is 7.16. The molecule has 0 unspecified atom stereocenters. The standard InChI is InChI=1S/C16H25N/c1-3-10-17(11-4-2)13-14-8-9-15-6-5-7-16(15)12-14/h8-9,12H,3-7,10-11,13H2,1-2H3. The molecule has 0 aliphatic heterocycles. The van der Waals surface area contributed by atoms with Gasteiger partial charge in [0.1, 0.15) is 0 Å². The summed E-state index contributed by atoms with van der Waals surface area (Å²) in [6.45, 7) is 8.13. The van der Waals surface area contributed by atoms with E-state index in [2.05, 4.69) is 36.9 Å². The number of benzene rings is 1. The molecule has 0 heterocycles. The number of nitrogens with zero attached hydrogens (tertiary/aromatic N) is 1. The van der Waals surface area contributed by atoms with Crippen LogP contribution in [-0.2, 0) is 19.4 Å². The Hall–Kier alpha value is -0.820. The van der Waals surface area contributed by atoms with Crippen molar-refractivity contribution < 1.29 is 0 Å². The van der Waals surface area contributed by atoms with Crippen molar-refractivity contribution in [3.63, 3.8) is 0 Å². The Balaban J connectivity index is 2.01. The first-order chi connectivity index (χ1) is 8.33. The minimum atomic E-state index is 1.13. The molecule has 2 rings (SSSR count). The SMILES string of the molecule is CCCN(CCC)Cc1ccc2c(c1)CCC2. The van der Waals surface area contributed by atoms with Crippen molar-refractivity contribution in [2.45, 2.75) is 52.5 Å². The average Bonchev–Trinajstić information content (AvgIpc) is 2.77. The summed E-state index contributed by atoms with van der Waals surface area (Å²) in [5.74, 6) is 0. The van der Waals surface area contributed by atoms with Gasteiger partial charge in [-0.15, -0.1) is 0 Å². The Morgan fingerprint density at radius 1 is 1.00 bits per heavy atom. The van der Waals surface area contributed by atoms with E-state index in [4.69, 9.17) is 0 Å². The zero-order chi connectivity index (χ0) is 12.1. The molecule has 1 heteroatoms. The number of aryl methyl sites for hydroxylation is 2. The molecule has 1 aromatic rings. The van der Waals surface area contributed by atoms with Gasteiger partial charge in [0, 0.05) is 6.54 Å². The molecule has 0 saturated carbocycles. The lowest BCUT2D eigenvalue weighted by atomic mass is 10.1. The molecule has 94 valence electrons. The Labute approximate surface area is 106 Å². The van der Waals surface area contributed by atoms with Gasteiger partial charge in [-0.3, -0.25) is 4.90 Å². The van der Waals surface area contributed by atoms with Crippen LogP contribution in [-0.4, -0.2) is 18.0 Å². The van der Waals surface area contributed by atoms with Crippen molar-refractivity contribution in [3.8, 4) is 0 Å². The molecule has 0 N–H and O–H groups in total. The lowest BCUT2D eigenvalue weighted by molar-refractivity contribution is 0.266. The van der Waals surface area contributed by atoms with Crippen LogP contribution in [0.15, 0.2) is 18.2 Å². The molecular weight excluding hydrogens is 206 g/mol. The summed E-state index contributed by atoms with van der Waals surface area (Å²) in [7, 11) is 0. The van der Waals surface area contributed by atoms with Crippen LogP contribution in [0, 0.1) is 0 Å². The molecule has 0 bridgehead atoms. The van der Waals surface area contributed by atoms with E-state index in [0.717, 1.165) is 6.54 Å². The predicted molar refractivity (Wildman–Crippen MR) is 74.3 cm³/mol. The molecule has 1 nitrogen and oxygen atoms in total. The molecule has 1 aromatic carbocycles. The largest absolute Gasteiger partial charge is 0.299 e. The number of hydrogen-bond acceptors (Lipinski definition) is 1. The summed E-state index contributed by atoms with van der Waals surface area (Å²) in [5.41, 5.74) is 4.70. The molecule has 17 heavy (non-hydrogen) atoms. The maximum atomic E-state index is 2.58.